The second-order valence-corrected chi connectivity index (χ2v) is 12.5. The fraction of sp³-hybridized carbons (Fsp3) is 0.706. The van der Waals surface area contributed by atoms with E-state index in [1.807, 2.05) is 19.9 Å². The lowest BCUT2D eigenvalue weighted by atomic mass is 9.99. The van der Waals surface area contributed by atoms with Gasteiger partial charge >= 0.3 is 0 Å². The van der Waals surface area contributed by atoms with Crippen molar-refractivity contribution < 1.29 is 33.8 Å². The Morgan fingerprint density at radius 3 is 2.13 bits per heavy atom. The third-order valence-electron chi connectivity index (χ3n) is 7.52. The first-order chi connectivity index (χ1) is 21.3. The largest absolute Gasteiger partial charge is 0.497 e. The lowest BCUT2D eigenvalue weighted by Gasteiger charge is -2.28. The molecule has 11 nitrogen and oxygen atoms in total. The Kier molecular flexibility index (Phi) is 18.9. The molecular weight excluding hydrogens is 576 g/mol. The molecule has 0 aliphatic carbocycles. The molecule has 0 heterocycles. The van der Waals surface area contributed by atoms with Crippen LogP contribution in [-0.4, -0.2) is 79.1 Å². The van der Waals surface area contributed by atoms with Gasteiger partial charge in [0.05, 0.1) is 20.3 Å². The molecule has 3 atom stereocenters. The van der Waals surface area contributed by atoms with Crippen molar-refractivity contribution in [1.82, 2.24) is 20.9 Å². The maximum Gasteiger partial charge on any atom is 0.251 e. The Morgan fingerprint density at radius 2 is 1.53 bits per heavy atom. The normalized spacial score (nSPS) is 13.1. The average Bonchev–Trinajstić information content (AvgIpc) is 2.99. The first kappa shape index (κ1) is 39.7. The molecule has 1 aromatic rings. The highest BCUT2D eigenvalue weighted by Gasteiger charge is 2.32. The number of methoxy groups -OCH3 is 2. The zero-order valence-corrected chi connectivity index (χ0v) is 28.7. The number of unbranched alkanes of at least 4 members (excludes halogenated alkanes) is 5. The van der Waals surface area contributed by atoms with Crippen LogP contribution in [0.5, 0.6) is 11.5 Å². The topological polar surface area (TPSA) is 146 Å². The monoisotopic (exact) mass is 634 g/mol. The van der Waals surface area contributed by atoms with Crippen LogP contribution in [0.15, 0.2) is 18.2 Å². The molecule has 0 saturated heterocycles. The number of rotatable bonds is 22. The maximum atomic E-state index is 13.5. The molecule has 1 aromatic carbocycles. The third kappa shape index (κ3) is 15.5. The SMILES string of the molecule is CCCCCCCCC(=O)N[C@@H](CC(C)C)C(=O)NC(CCC(=O)N(C)Cc1ccc(OC)cc1OC)C(O)C(=O)NC(C)C. The fourth-order valence-corrected chi connectivity index (χ4v) is 4.98. The van der Waals surface area contributed by atoms with Crippen molar-refractivity contribution in [1.29, 1.82) is 0 Å². The van der Waals surface area contributed by atoms with Crippen LogP contribution >= 0.6 is 0 Å². The number of carbonyl (C=O) groups is 4. The van der Waals surface area contributed by atoms with Gasteiger partial charge in [-0.2, -0.15) is 0 Å². The predicted molar refractivity (Wildman–Crippen MR) is 176 cm³/mol. The summed E-state index contributed by atoms with van der Waals surface area (Å²) in [6.45, 7) is 9.86. The van der Waals surface area contributed by atoms with Crippen molar-refractivity contribution in [3.8, 4) is 11.5 Å². The average molecular weight is 635 g/mol. The van der Waals surface area contributed by atoms with Crippen LogP contribution in [0, 0.1) is 5.92 Å². The van der Waals surface area contributed by atoms with Crippen LogP contribution in [-0.2, 0) is 25.7 Å². The van der Waals surface area contributed by atoms with E-state index >= 15 is 0 Å². The number of carbonyl (C=O) groups excluding carboxylic acids is 4. The standard InChI is InChI=1S/C34H58N4O7/c1-9-10-11-12-13-14-15-30(39)36-28(20-23(2)3)33(42)37-27(32(41)34(43)35-24(4)5)18-19-31(40)38(6)22-25-16-17-26(44-7)21-29(25)45-8/h16-17,21,23-24,27-28,32,41H,9-15,18-20,22H2,1-8H3,(H,35,43)(H,36,39)(H,37,42)/t27?,28-,32?/m0/s1. The van der Waals surface area contributed by atoms with Gasteiger partial charge < -0.3 is 35.4 Å². The molecule has 2 unspecified atom stereocenters. The summed E-state index contributed by atoms with van der Waals surface area (Å²) in [5.74, 6) is -0.272. The van der Waals surface area contributed by atoms with E-state index in [1.165, 1.54) is 11.3 Å². The molecule has 4 amide bonds. The number of hydrogen-bond donors (Lipinski definition) is 4. The van der Waals surface area contributed by atoms with Gasteiger partial charge in [-0.3, -0.25) is 19.2 Å². The van der Waals surface area contributed by atoms with Crippen LogP contribution < -0.4 is 25.4 Å². The zero-order chi connectivity index (χ0) is 33.9. The molecule has 0 fully saturated rings. The summed E-state index contributed by atoms with van der Waals surface area (Å²) >= 11 is 0. The predicted octanol–water partition coefficient (Wildman–Crippen LogP) is 4.09. The number of benzene rings is 1. The number of amides is 4. The molecule has 45 heavy (non-hydrogen) atoms. The number of aliphatic hydroxyl groups is 1. The molecule has 256 valence electrons. The van der Waals surface area contributed by atoms with Crippen molar-refractivity contribution >= 4 is 23.6 Å². The quantitative estimate of drug-likeness (QED) is 0.141. The van der Waals surface area contributed by atoms with E-state index in [4.69, 9.17) is 9.47 Å². The Morgan fingerprint density at radius 1 is 0.867 bits per heavy atom. The number of nitrogens with zero attached hydrogens (tertiary/aromatic N) is 1. The van der Waals surface area contributed by atoms with Crippen LogP contribution in [0.25, 0.3) is 0 Å². The van der Waals surface area contributed by atoms with E-state index in [-0.39, 0.29) is 43.2 Å². The van der Waals surface area contributed by atoms with Gasteiger partial charge in [-0.05, 0) is 51.2 Å². The Bertz CT molecular complexity index is 1060. The van der Waals surface area contributed by atoms with Crippen LogP contribution in [0.2, 0.25) is 0 Å². The first-order valence-corrected chi connectivity index (χ1v) is 16.4. The zero-order valence-electron chi connectivity index (χ0n) is 28.7. The summed E-state index contributed by atoms with van der Waals surface area (Å²) in [6.07, 6.45) is 5.39. The van der Waals surface area contributed by atoms with E-state index in [9.17, 15) is 24.3 Å². The molecular formula is C34H58N4O7. The smallest absolute Gasteiger partial charge is 0.251 e. The molecule has 0 spiro atoms. The van der Waals surface area contributed by atoms with E-state index < -0.39 is 30.0 Å². The molecule has 0 saturated carbocycles. The van der Waals surface area contributed by atoms with E-state index in [0.29, 0.717) is 24.3 Å². The summed E-state index contributed by atoms with van der Waals surface area (Å²) in [5, 5.41) is 19.3. The van der Waals surface area contributed by atoms with Crippen molar-refractivity contribution in [2.75, 3.05) is 21.3 Å². The highest BCUT2D eigenvalue weighted by molar-refractivity contribution is 5.89. The minimum absolute atomic E-state index is 0.0153. The number of hydrogen-bond acceptors (Lipinski definition) is 7. The minimum Gasteiger partial charge on any atom is -0.497 e. The van der Waals surface area contributed by atoms with E-state index in [2.05, 4.69) is 22.9 Å². The van der Waals surface area contributed by atoms with Crippen LogP contribution in [0.3, 0.4) is 0 Å². The number of nitrogens with one attached hydrogen (secondary N) is 3. The van der Waals surface area contributed by atoms with Crippen molar-refractivity contribution in [2.24, 2.45) is 5.92 Å². The maximum absolute atomic E-state index is 13.5. The lowest BCUT2D eigenvalue weighted by Crippen LogP contribution is -2.56. The lowest BCUT2D eigenvalue weighted by molar-refractivity contribution is -0.136. The van der Waals surface area contributed by atoms with Crippen molar-refractivity contribution in [3.63, 3.8) is 0 Å². The molecule has 0 bridgehead atoms. The first-order valence-electron chi connectivity index (χ1n) is 16.4. The molecule has 11 heteroatoms. The number of ether oxygens (including phenoxy) is 2. The summed E-state index contributed by atoms with van der Waals surface area (Å²) < 4.78 is 10.7. The van der Waals surface area contributed by atoms with Gasteiger partial charge in [0.25, 0.3) is 5.91 Å². The van der Waals surface area contributed by atoms with Gasteiger partial charge in [0, 0.05) is 44.1 Å². The molecule has 0 aromatic heterocycles. The third-order valence-corrected chi connectivity index (χ3v) is 7.52. The van der Waals surface area contributed by atoms with Gasteiger partial charge in [0.1, 0.15) is 17.5 Å². The van der Waals surface area contributed by atoms with E-state index in [0.717, 1.165) is 37.7 Å². The van der Waals surface area contributed by atoms with Crippen molar-refractivity contribution in [3.05, 3.63) is 23.8 Å². The molecule has 0 aliphatic rings. The molecule has 0 aliphatic heterocycles. The van der Waals surface area contributed by atoms with Crippen LogP contribution in [0.4, 0.5) is 0 Å². The van der Waals surface area contributed by atoms with Gasteiger partial charge in [-0.1, -0.05) is 52.9 Å². The molecule has 0 radical (unpaired) electrons. The summed E-state index contributed by atoms with van der Waals surface area (Å²) in [4.78, 5) is 53.6. The summed E-state index contributed by atoms with van der Waals surface area (Å²) in [5.41, 5.74) is 0.781. The Labute approximate surface area is 270 Å². The highest BCUT2D eigenvalue weighted by atomic mass is 16.5. The highest BCUT2D eigenvalue weighted by Crippen LogP contribution is 2.25. The van der Waals surface area contributed by atoms with Gasteiger partial charge in [0.15, 0.2) is 6.10 Å². The van der Waals surface area contributed by atoms with Gasteiger partial charge in [0.2, 0.25) is 17.7 Å². The van der Waals surface area contributed by atoms with Crippen molar-refractivity contribution in [2.45, 2.75) is 130 Å². The molecule has 4 N–H and O–H groups in total. The second-order valence-electron chi connectivity index (χ2n) is 12.5. The summed E-state index contributed by atoms with van der Waals surface area (Å²) in [6, 6.07) is 3.23. The van der Waals surface area contributed by atoms with E-state index in [1.54, 1.807) is 47.2 Å². The minimum atomic E-state index is -1.59. The van der Waals surface area contributed by atoms with Gasteiger partial charge in [-0.25, -0.2) is 0 Å². The fourth-order valence-electron chi connectivity index (χ4n) is 4.98. The van der Waals surface area contributed by atoms with Gasteiger partial charge in [-0.15, -0.1) is 0 Å². The number of aliphatic hydroxyl groups excluding tert-OH is 1. The Balaban J connectivity index is 2.97. The van der Waals surface area contributed by atoms with Crippen LogP contribution in [0.1, 0.15) is 104 Å². The summed E-state index contributed by atoms with van der Waals surface area (Å²) in [7, 11) is 4.75. The Hall–Kier alpha value is -3.34. The second kappa shape index (κ2) is 21.4. The molecule has 1 rings (SSSR count).